The molecule has 2 N–H and O–H groups in total. The van der Waals surface area contributed by atoms with Crippen molar-refractivity contribution in [3.63, 3.8) is 0 Å². The maximum Gasteiger partial charge on any atom is 0.246 e. The van der Waals surface area contributed by atoms with Gasteiger partial charge < -0.3 is 49.5 Å². The van der Waals surface area contributed by atoms with Gasteiger partial charge in [0.2, 0.25) is 47.3 Å². The summed E-state index contributed by atoms with van der Waals surface area (Å²) in [5.41, 5.74) is 0. The van der Waals surface area contributed by atoms with Crippen LogP contribution >= 0.6 is 0 Å². The molecule has 25 heteroatoms. The zero-order valence-electron chi connectivity index (χ0n) is 62.9. The number of hydrogen-bond donors (Lipinski definition) is 2. The van der Waals surface area contributed by atoms with Crippen LogP contribution in [0.2, 0.25) is 0 Å². The second-order valence-electron chi connectivity index (χ2n) is 29.8. The summed E-state index contributed by atoms with van der Waals surface area (Å²) in [5.74, 6) is -12.1. The van der Waals surface area contributed by atoms with Crippen LogP contribution in [-0.2, 0) is 67.3 Å². The second-order valence-corrected chi connectivity index (χ2v) is 32.1. The van der Waals surface area contributed by atoms with E-state index in [1.807, 2.05) is 46.4 Å². The Hall–Kier alpha value is -5.66. The lowest BCUT2D eigenvalue weighted by atomic mass is 9.83. The lowest BCUT2D eigenvalue weighted by Crippen LogP contribution is -2.63. The van der Waals surface area contributed by atoms with Gasteiger partial charge in [0.15, 0.2) is 21.4 Å². The Kier molecular flexibility index (Phi) is 35.3. The minimum atomic E-state index is -3.14. The van der Waals surface area contributed by atoms with E-state index in [9.17, 15) is 32.7 Å². The number of amides is 8. The Morgan fingerprint density at radius 3 is 1.49 bits per heavy atom. The number of Topliss-reactive ketones (excluding diaryl/α,β-unsaturated/α-hetero) is 3. The lowest BCUT2D eigenvalue weighted by Gasteiger charge is -2.41. The predicted octanol–water partition coefficient (Wildman–Crippen LogP) is 5.27. The molecule has 2 rings (SSSR count). The fourth-order valence-corrected chi connectivity index (χ4v) is 14.4. The Morgan fingerprint density at radius 2 is 1.00 bits per heavy atom. The third-order valence-corrected chi connectivity index (χ3v) is 21.3. The van der Waals surface area contributed by atoms with E-state index in [0.717, 1.165) is 9.80 Å². The van der Waals surface area contributed by atoms with E-state index < -0.39 is 165 Å². The summed E-state index contributed by atoms with van der Waals surface area (Å²) in [6, 6.07) is -10.0. The molecule has 2 heterocycles. The van der Waals surface area contributed by atoms with Crippen LogP contribution in [-0.4, -0.2) is 265 Å². The number of aliphatic hydroxyl groups excluding tert-OH is 1. The van der Waals surface area contributed by atoms with Crippen molar-refractivity contribution in [3.8, 4) is 0 Å². The topological polar surface area (TPSA) is 289 Å². The number of carbonyl (C=O) groups excluding carboxylic acids is 11. The standard InChI is InChI=1S/C71H125N9O15S/c1-25-27-28-47(13)63(84)62-64(85)72-53(26-2)68(89)73(18)51(17)66(87)78(23)61(50(16)41-95-32-29-80-30-33-96(93,94)34-31-80)59(83)40-52(45(9)10)67(88)74(19)54(35-42(3)4)58(82)38-48(14)57(81)39-49(15)65(86)75(20)55(36-43(5)6)69(90)76(21)56(37-44(7)8)70(91)77(22)60(46(11)12)71(92)79(62)24/h25,27,42-56,60-63,84H,26,28-41H2,1-24H3,(H,72,85)/b27-25+/t47-,48-,49+,50-,51-,52+,53+,54+,55+,56+,60+,61+,62?,63-/m1/s1. The highest BCUT2D eigenvalue weighted by Gasteiger charge is 2.47. The normalized spacial score (nSPS) is 28.2. The van der Waals surface area contributed by atoms with Gasteiger partial charge in [0.25, 0.3) is 0 Å². The van der Waals surface area contributed by atoms with Crippen LogP contribution in [0.1, 0.15) is 169 Å². The minimum absolute atomic E-state index is 0.0147. The molecule has 0 bridgehead atoms. The number of carbonyl (C=O) groups is 11. The number of nitrogens with one attached hydrogen (secondary N) is 1. The van der Waals surface area contributed by atoms with Crippen molar-refractivity contribution in [2.24, 2.45) is 59.2 Å². The molecular weight excluding hydrogens is 1250 g/mol. The summed E-state index contributed by atoms with van der Waals surface area (Å²) < 4.78 is 30.4. The van der Waals surface area contributed by atoms with Crippen molar-refractivity contribution >= 4 is 74.4 Å². The average molecular weight is 1380 g/mol. The van der Waals surface area contributed by atoms with E-state index in [2.05, 4.69) is 5.32 Å². The van der Waals surface area contributed by atoms with Gasteiger partial charge in [-0.25, -0.2) is 8.42 Å². The molecule has 550 valence electrons. The number of ketones is 3. The van der Waals surface area contributed by atoms with Gasteiger partial charge >= 0.3 is 0 Å². The number of aliphatic hydroxyl groups is 1. The van der Waals surface area contributed by atoms with E-state index >= 15 is 33.6 Å². The van der Waals surface area contributed by atoms with Crippen LogP contribution < -0.4 is 5.32 Å². The van der Waals surface area contributed by atoms with Crippen LogP contribution in [0.5, 0.6) is 0 Å². The molecule has 24 nitrogen and oxygen atoms in total. The van der Waals surface area contributed by atoms with E-state index in [-0.39, 0.29) is 93.2 Å². The first-order valence-electron chi connectivity index (χ1n) is 35.0. The first kappa shape index (κ1) is 86.4. The van der Waals surface area contributed by atoms with Crippen LogP contribution in [0.4, 0.5) is 0 Å². The van der Waals surface area contributed by atoms with Crippen LogP contribution in [0.3, 0.4) is 0 Å². The molecule has 2 fully saturated rings. The van der Waals surface area contributed by atoms with Gasteiger partial charge in [0.1, 0.15) is 42.0 Å². The molecule has 0 radical (unpaired) electrons. The Labute approximate surface area is 576 Å². The summed E-state index contributed by atoms with van der Waals surface area (Å²) in [6.07, 6.45) is 1.96. The van der Waals surface area contributed by atoms with Crippen molar-refractivity contribution in [2.45, 2.75) is 224 Å². The molecule has 96 heavy (non-hydrogen) atoms. The third kappa shape index (κ3) is 24.1. The minimum Gasteiger partial charge on any atom is -0.390 e. The molecular formula is C71H125N9O15S. The van der Waals surface area contributed by atoms with Crippen molar-refractivity contribution in [2.75, 3.05) is 93.7 Å². The highest BCUT2D eigenvalue weighted by Crippen LogP contribution is 2.30. The van der Waals surface area contributed by atoms with Gasteiger partial charge in [-0.3, -0.25) is 57.6 Å². The number of sulfone groups is 1. The smallest absolute Gasteiger partial charge is 0.246 e. The third-order valence-electron chi connectivity index (χ3n) is 19.6. The monoisotopic (exact) mass is 1380 g/mol. The van der Waals surface area contributed by atoms with Gasteiger partial charge in [0.05, 0.1) is 42.9 Å². The molecule has 0 saturated carbocycles. The SMILES string of the molecule is C/C=C/C[C@@H](C)[C@@H](O)C1C(=O)N[C@@H](CC)C(=O)N(C)[C@H](C)C(=O)N(C)[C@@H]([C@H](C)COCCN2CCS(=O)(=O)CC2)C(=O)C[C@@H](C(C)C)C(=O)N(C)[C@@H](CC(C)C)C(=O)C[C@@H](C)C(=O)C[C@H](C)C(=O)N(C)[C@@H](CC(C)C)C(=O)N(C)[C@@H](CC(C)C)C(=O)N(C)[C@@H](C(C)C)C(=O)N1C. The van der Waals surface area contributed by atoms with E-state index in [1.54, 1.807) is 81.4 Å². The van der Waals surface area contributed by atoms with Crippen LogP contribution in [0, 0.1) is 59.2 Å². The van der Waals surface area contributed by atoms with Gasteiger partial charge in [-0.1, -0.05) is 116 Å². The molecule has 0 spiro atoms. The summed E-state index contributed by atoms with van der Waals surface area (Å²) in [5, 5.41) is 15.0. The average Bonchev–Trinajstić information content (AvgIpc) is 0.809. The molecule has 0 aliphatic carbocycles. The van der Waals surface area contributed by atoms with Gasteiger partial charge in [-0.15, -0.1) is 0 Å². The molecule has 0 aromatic heterocycles. The summed E-state index contributed by atoms with van der Waals surface area (Å²) >= 11 is 0. The Balaban J connectivity index is 3.02. The number of allylic oxidation sites excluding steroid dienone is 2. The second kappa shape index (κ2) is 39.2. The molecule has 0 aromatic carbocycles. The molecule has 2 aliphatic rings. The largest absolute Gasteiger partial charge is 0.390 e. The van der Waals surface area contributed by atoms with Crippen LogP contribution in [0.25, 0.3) is 0 Å². The maximum atomic E-state index is 15.3. The van der Waals surface area contributed by atoms with E-state index in [4.69, 9.17) is 4.74 Å². The van der Waals surface area contributed by atoms with E-state index in [1.165, 1.54) is 80.8 Å². The molecule has 2 saturated heterocycles. The Morgan fingerprint density at radius 1 is 0.531 bits per heavy atom. The van der Waals surface area contributed by atoms with Gasteiger partial charge in [-0.2, -0.15) is 0 Å². The Bertz CT molecular complexity index is 2780. The number of likely N-dealkylation sites (N-methyl/N-ethyl adjacent to an activating group) is 7. The fourth-order valence-electron chi connectivity index (χ4n) is 13.1. The molecule has 0 aromatic rings. The van der Waals surface area contributed by atoms with Crippen LogP contribution in [0.15, 0.2) is 12.2 Å². The zero-order chi connectivity index (χ0) is 73.9. The number of hydrogen-bond acceptors (Lipinski definition) is 16. The first-order valence-corrected chi connectivity index (χ1v) is 36.8. The number of nitrogens with zero attached hydrogens (tertiary/aromatic N) is 8. The maximum absolute atomic E-state index is 15.3. The zero-order valence-corrected chi connectivity index (χ0v) is 63.7. The summed E-state index contributed by atoms with van der Waals surface area (Å²) in [7, 11) is 6.94. The van der Waals surface area contributed by atoms with Crippen molar-refractivity contribution in [1.29, 1.82) is 0 Å². The predicted molar refractivity (Wildman–Crippen MR) is 372 cm³/mol. The fraction of sp³-hybridized carbons (Fsp3) is 0.817. The lowest BCUT2D eigenvalue weighted by molar-refractivity contribution is -0.157. The molecule has 1 unspecified atom stereocenters. The molecule has 8 amide bonds. The van der Waals surface area contributed by atoms with Crippen molar-refractivity contribution in [1.82, 2.24) is 44.5 Å². The highest BCUT2D eigenvalue weighted by molar-refractivity contribution is 7.91. The first-order chi connectivity index (χ1) is 44.4. The van der Waals surface area contributed by atoms with E-state index in [0.29, 0.717) is 26.1 Å². The molecule has 14 atom stereocenters. The van der Waals surface area contributed by atoms with Crippen molar-refractivity contribution < 1.29 is 71.0 Å². The van der Waals surface area contributed by atoms with Gasteiger partial charge in [-0.05, 0) is 81.5 Å². The number of rotatable bonds is 19. The van der Waals surface area contributed by atoms with Gasteiger partial charge in [0, 0.05) is 112 Å². The summed E-state index contributed by atoms with van der Waals surface area (Å²) in [4.78, 5) is 175. The summed E-state index contributed by atoms with van der Waals surface area (Å²) in [6.45, 7) is 31.1. The number of ether oxygens (including phenoxy) is 1. The highest BCUT2D eigenvalue weighted by atomic mass is 32.2. The molecule has 2 aliphatic heterocycles. The van der Waals surface area contributed by atoms with Crippen molar-refractivity contribution in [3.05, 3.63) is 12.2 Å². The quantitative estimate of drug-likeness (QED) is 0.123.